The summed E-state index contributed by atoms with van der Waals surface area (Å²) in [4.78, 5) is 21.0. The Morgan fingerprint density at radius 1 is 1.30 bits per heavy atom. The van der Waals surface area contributed by atoms with E-state index in [2.05, 4.69) is 20.6 Å². The Balaban J connectivity index is 1.67. The third kappa shape index (κ3) is 3.79. The fourth-order valence-corrected chi connectivity index (χ4v) is 3.76. The van der Waals surface area contributed by atoms with Crippen LogP contribution in [0, 0.1) is 6.92 Å². The number of benzene rings is 2. The predicted molar refractivity (Wildman–Crippen MR) is 113 cm³/mol. The topological polar surface area (TPSA) is 117 Å². The number of Topliss-reactive ketones (excluding diaryl/α,β-unsaturated/α-hetero) is 1. The molecule has 2 aromatic carbocycles. The van der Waals surface area contributed by atoms with E-state index >= 15 is 0 Å². The number of anilines is 2. The van der Waals surface area contributed by atoms with E-state index in [4.69, 9.17) is 4.74 Å². The molecule has 0 bridgehead atoms. The van der Waals surface area contributed by atoms with Gasteiger partial charge in [-0.05, 0) is 62.2 Å². The molecule has 3 aromatic rings. The summed E-state index contributed by atoms with van der Waals surface area (Å²) < 4.78 is 6.10. The molecule has 4 rings (SSSR count). The molecule has 0 unspecified atom stereocenters. The summed E-state index contributed by atoms with van der Waals surface area (Å²) >= 11 is 0. The van der Waals surface area contributed by atoms with Crippen LogP contribution in [0.15, 0.2) is 42.7 Å². The number of aromatic hydroxyl groups is 1. The predicted octanol–water partition coefficient (Wildman–Crippen LogP) is 2.45. The summed E-state index contributed by atoms with van der Waals surface area (Å²) in [7, 11) is 0. The number of nitrogens with one attached hydrogen (secondary N) is 2. The zero-order chi connectivity index (χ0) is 21.1. The van der Waals surface area contributed by atoms with Crippen LogP contribution in [0.2, 0.25) is 0 Å². The smallest absolute Gasteiger partial charge is 0.181 e. The first-order valence-electron chi connectivity index (χ1n) is 9.85. The number of aryl methyl sites for hydroxylation is 1. The Bertz CT molecular complexity index is 1070. The fraction of sp³-hybridized carbons (Fsp3) is 0.318. The van der Waals surface area contributed by atoms with E-state index in [1.54, 1.807) is 12.1 Å². The molecule has 0 aliphatic carbocycles. The number of carbonyl (C=O) groups is 1. The third-order valence-corrected chi connectivity index (χ3v) is 5.48. The minimum absolute atomic E-state index is 0.109. The highest BCUT2D eigenvalue weighted by Crippen LogP contribution is 2.33. The first-order valence-corrected chi connectivity index (χ1v) is 9.85. The van der Waals surface area contributed by atoms with Crippen LogP contribution in [-0.2, 0) is 4.79 Å². The van der Waals surface area contributed by atoms with E-state index in [1.807, 2.05) is 31.2 Å². The molecule has 1 aromatic heterocycles. The number of ketones is 1. The average Bonchev–Trinajstić information content (AvgIpc) is 3.24. The van der Waals surface area contributed by atoms with Crippen LogP contribution in [0.4, 0.5) is 11.5 Å². The van der Waals surface area contributed by atoms with Gasteiger partial charge in [0.05, 0.1) is 10.9 Å². The average molecular weight is 408 g/mol. The Morgan fingerprint density at radius 3 is 2.90 bits per heavy atom. The summed E-state index contributed by atoms with van der Waals surface area (Å²) in [5.41, 5.74) is 1.33. The van der Waals surface area contributed by atoms with Gasteiger partial charge in [-0.15, -0.1) is 0 Å². The van der Waals surface area contributed by atoms with Crippen molar-refractivity contribution in [3.05, 3.63) is 48.3 Å². The number of rotatable bonds is 7. The highest BCUT2D eigenvalue weighted by atomic mass is 16.5. The van der Waals surface area contributed by atoms with Crippen LogP contribution in [-0.4, -0.2) is 51.3 Å². The number of aliphatic hydroxyl groups excluding tert-OH is 1. The number of aliphatic hydroxyl groups is 1. The van der Waals surface area contributed by atoms with E-state index in [-0.39, 0.29) is 18.1 Å². The lowest BCUT2D eigenvalue weighted by atomic mass is 9.93. The fourth-order valence-electron chi connectivity index (χ4n) is 3.76. The van der Waals surface area contributed by atoms with Crippen molar-refractivity contribution in [2.45, 2.75) is 25.3 Å². The second-order valence-electron chi connectivity index (χ2n) is 7.48. The van der Waals surface area contributed by atoms with Gasteiger partial charge in [-0.1, -0.05) is 6.07 Å². The van der Waals surface area contributed by atoms with Crippen molar-refractivity contribution < 1.29 is 19.7 Å². The second kappa shape index (κ2) is 8.25. The molecule has 0 spiro atoms. The van der Waals surface area contributed by atoms with Crippen molar-refractivity contribution in [2.75, 3.05) is 25.1 Å². The van der Waals surface area contributed by atoms with Crippen molar-refractivity contribution in [1.82, 2.24) is 15.3 Å². The normalized spacial score (nSPS) is 18.5. The molecule has 1 fully saturated rings. The molecule has 1 aliphatic heterocycles. The van der Waals surface area contributed by atoms with Crippen LogP contribution < -0.4 is 15.4 Å². The zero-order valence-corrected chi connectivity index (χ0v) is 16.7. The van der Waals surface area contributed by atoms with Crippen molar-refractivity contribution in [3.63, 3.8) is 0 Å². The Kier molecular flexibility index (Phi) is 5.52. The minimum atomic E-state index is -0.881. The highest BCUT2D eigenvalue weighted by Gasteiger charge is 2.41. The first-order chi connectivity index (χ1) is 14.5. The maximum atomic E-state index is 12.3. The van der Waals surface area contributed by atoms with E-state index < -0.39 is 12.1 Å². The quantitative estimate of drug-likeness (QED) is 0.441. The number of carbonyl (C=O) groups excluding carboxylic acids is 1. The van der Waals surface area contributed by atoms with Crippen molar-refractivity contribution in [3.8, 4) is 11.5 Å². The number of phenols is 1. The number of aromatic nitrogens is 2. The maximum Gasteiger partial charge on any atom is 0.181 e. The zero-order valence-electron chi connectivity index (χ0n) is 16.7. The Labute approximate surface area is 173 Å². The van der Waals surface area contributed by atoms with Gasteiger partial charge in [-0.2, -0.15) is 0 Å². The van der Waals surface area contributed by atoms with Gasteiger partial charge >= 0.3 is 0 Å². The molecule has 0 saturated carbocycles. The molecular formula is C22H24N4O4. The third-order valence-electron chi connectivity index (χ3n) is 5.48. The number of phenolic OH excluding ortho intramolecular Hbond substituents is 1. The SMILES string of the molecule is Cc1cc(Nc2ncnc3cccc(OC[C@]4(C(=O)CO)CCCN4)c23)ccc1O. The van der Waals surface area contributed by atoms with E-state index in [1.165, 1.54) is 6.33 Å². The molecule has 1 aliphatic rings. The van der Waals surface area contributed by atoms with Gasteiger partial charge < -0.3 is 25.6 Å². The summed E-state index contributed by atoms with van der Waals surface area (Å²) in [6.45, 7) is 2.11. The number of hydrogen-bond donors (Lipinski definition) is 4. The molecule has 1 saturated heterocycles. The maximum absolute atomic E-state index is 12.3. The standard InChI is InChI=1S/C22H24N4O4/c1-14-10-15(6-7-17(14)28)26-21-20-16(23-13-24-21)4-2-5-18(20)30-12-22(19(29)11-27)8-3-9-25-22/h2,4-7,10,13,25,27-28H,3,8-9,11-12H2,1H3,(H,23,24,26)/t22-/m0/s1. The van der Waals surface area contributed by atoms with Gasteiger partial charge in [-0.25, -0.2) is 9.97 Å². The number of hydrogen-bond acceptors (Lipinski definition) is 8. The molecular weight excluding hydrogens is 384 g/mol. The second-order valence-corrected chi connectivity index (χ2v) is 7.48. The summed E-state index contributed by atoms with van der Waals surface area (Å²) in [6, 6.07) is 10.7. The van der Waals surface area contributed by atoms with Crippen LogP contribution >= 0.6 is 0 Å². The summed E-state index contributed by atoms with van der Waals surface area (Å²) in [6.07, 6.45) is 2.93. The molecule has 8 nitrogen and oxygen atoms in total. The molecule has 0 radical (unpaired) electrons. The molecule has 2 heterocycles. The van der Waals surface area contributed by atoms with Crippen LogP contribution in [0.5, 0.6) is 11.5 Å². The van der Waals surface area contributed by atoms with Crippen molar-refractivity contribution in [2.24, 2.45) is 0 Å². The Morgan fingerprint density at radius 2 is 2.17 bits per heavy atom. The van der Waals surface area contributed by atoms with Crippen molar-refractivity contribution in [1.29, 1.82) is 0 Å². The minimum Gasteiger partial charge on any atom is -0.508 e. The molecule has 4 N–H and O–H groups in total. The van der Waals surface area contributed by atoms with Gasteiger partial charge in [-0.3, -0.25) is 4.79 Å². The number of ether oxygens (including phenoxy) is 1. The molecule has 156 valence electrons. The largest absolute Gasteiger partial charge is 0.508 e. The van der Waals surface area contributed by atoms with Gasteiger partial charge in [0.2, 0.25) is 0 Å². The van der Waals surface area contributed by atoms with Gasteiger partial charge in [0.1, 0.15) is 42.4 Å². The molecule has 0 amide bonds. The summed E-state index contributed by atoms with van der Waals surface area (Å²) in [5, 5.41) is 26.3. The van der Waals surface area contributed by atoms with E-state index in [0.29, 0.717) is 35.4 Å². The highest BCUT2D eigenvalue weighted by molar-refractivity contribution is 5.96. The number of fused-ring (bicyclic) bond motifs is 1. The molecule has 1 atom stereocenters. The van der Waals surface area contributed by atoms with Gasteiger partial charge in [0.15, 0.2) is 5.78 Å². The van der Waals surface area contributed by atoms with Crippen LogP contribution in [0.3, 0.4) is 0 Å². The van der Waals surface area contributed by atoms with Crippen molar-refractivity contribution >= 4 is 28.2 Å². The molecule has 8 heteroatoms. The first kappa shape index (κ1) is 20.1. The van der Waals surface area contributed by atoms with Gasteiger partial charge in [0, 0.05) is 5.69 Å². The van der Waals surface area contributed by atoms with Crippen LogP contribution in [0.25, 0.3) is 10.9 Å². The number of nitrogens with zero attached hydrogens (tertiary/aromatic N) is 2. The molecule has 30 heavy (non-hydrogen) atoms. The lowest BCUT2D eigenvalue weighted by molar-refractivity contribution is -0.128. The van der Waals surface area contributed by atoms with Crippen LogP contribution in [0.1, 0.15) is 18.4 Å². The van der Waals surface area contributed by atoms with E-state index in [0.717, 1.165) is 17.7 Å². The monoisotopic (exact) mass is 408 g/mol. The van der Waals surface area contributed by atoms with Gasteiger partial charge in [0.25, 0.3) is 0 Å². The summed E-state index contributed by atoms with van der Waals surface area (Å²) in [5.74, 6) is 1.06. The van der Waals surface area contributed by atoms with E-state index in [9.17, 15) is 15.0 Å². The lowest BCUT2D eigenvalue weighted by Gasteiger charge is -2.27. The Hall–Kier alpha value is -3.23. The lowest BCUT2D eigenvalue weighted by Crippen LogP contribution is -2.53.